The van der Waals surface area contributed by atoms with E-state index >= 15 is 0 Å². The minimum atomic E-state index is -0.963. The predicted octanol–water partition coefficient (Wildman–Crippen LogP) is 6.86. The first-order valence-electron chi connectivity index (χ1n) is 9.29. The zero-order chi connectivity index (χ0) is 19.2. The number of anilines is 2. The van der Waals surface area contributed by atoms with Gasteiger partial charge in [-0.3, -0.25) is 0 Å². The van der Waals surface area contributed by atoms with Crippen LogP contribution < -0.4 is 4.90 Å². The SMILES string of the molecule is CC(C)c1ccc(CCCc2ccc(N(C(=O)O)c3cccs3)cc2)cc1. The molecule has 0 bridgehead atoms. The summed E-state index contributed by atoms with van der Waals surface area (Å²) < 4.78 is 0. The van der Waals surface area contributed by atoms with Crippen molar-refractivity contribution in [3.05, 3.63) is 82.7 Å². The zero-order valence-electron chi connectivity index (χ0n) is 15.8. The highest BCUT2D eigenvalue weighted by Crippen LogP contribution is 2.30. The Balaban J connectivity index is 1.58. The lowest BCUT2D eigenvalue weighted by Crippen LogP contribution is -2.22. The second-order valence-electron chi connectivity index (χ2n) is 6.99. The lowest BCUT2D eigenvalue weighted by Gasteiger charge is -2.17. The van der Waals surface area contributed by atoms with E-state index in [1.165, 1.54) is 32.9 Å². The van der Waals surface area contributed by atoms with Crippen LogP contribution in [0.3, 0.4) is 0 Å². The maximum absolute atomic E-state index is 11.6. The topological polar surface area (TPSA) is 40.5 Å². The first-order valence-corrected chi connectivity index (χ1v) is 10.2. The van der Waals surface area contributed by atoms with Crippen molar-refractivity contribution in [3.8, 4) is 0 Å². The average Bonchev–Trinajstić information content (AvgIpc) is 3.17. The molecule has 0 aliphatic rings. The fraction of sp³-hybridized carbons (Fsp3) is 0.261. The highest BCUT2D eigenvalue weighted by atomic mass is 32.1. The molecule has 1 N–H and O–H groups in total. The average molecular weight is 380 g/mol. The van der Waals surface area contributed by atoms with Crippen LogP contribution in [-0.4, -0.2) is 11.2 Å². The maximum Gasteiger partial charge on any atom is 0.417 e. The smallest absolute Gasteiger partial charge is 0.417 e. The van der Waals surface area contributed by atoms with Gasteiger partial charge in [0.15, 0.2) is 0 Å². The molecule has 1 amide bonds. The van der Waals surface area contributed by atoms with Crippen molar-refractivity contribution >= 4 is 28.1 Å². The molecule has 0 atom stereocenters. The van der Waals surface area contributed by atoms with Crippen molar-refractivity contribution in [2.45, 2.75) is 39.0 Å². The molecule has 1 aromatic heterocycles. The molecule has 3 rings (SSSR count). The normalized spacial score (nSPS) is 10.9. The molecular weight excluding hydrogens is 354 g/mol. The molecule has 1 heterocycles. The van der Waals surface area contributed by atoms with Gasteiger partial charge in [-0.1, -0.05) is 50.2 Å². The van der Waals surface area contributed by atoms with Crippen molar-refractivity contribution in [1.29, 1.82) is 0 Å². The summed E-state index contributed by atoms with van der Waals surface area (Å²) in [6.45, 7) is 4.42. The van der Waals surface area contributed by atoms with E-state index in [0.717, 1.165) is 19.3 Å². The van der Waals surface area contributed by atoms with Crippen LogP contribution in [0.15, 0.2) is 66.0 Å². The molecule has 2 aromatic carbocycles. The molecule has 3 aromatic rings. The Morgan fingerprint density at radius 2 is 1.56 bits per heavy atom. The molecule has 0 unspecified atom stereocenters. The van der Waals surface area contributed by atoms with Gasteiger partial charge in [-0.2, -0.15) is 0 Å². The van der Waals surface area contributed by atoms with E-state index in [1.807, 2.05) is 41.8 Å². The fourth-order valence-corrected chi connectivity index (χ4v) is 3.85. The van der Waals surface area contributed by atoms with E-state index < -0.39 is 6.09 Å². The summed E-state index contributed by atoms with van der Waals surface area (Å²) >= 11 is 1.42. The summed E-state index contributed by atoms with van der Waals surface area (Å²) in [5, 5.41) is 12.1. The van der Waals surface area contributed by atoms with Gasteiger partial charge in [-0.25, -0.2) is 9.69 Å². The minimum absolute atomic E-state index is 0.567. The van der Waals surface area contributed by atoms with E-state index in [-0.39, 0.29) is 0 Å². The summed E-state index contributed by atoms with van der Waals surface area (Å²) in [7, 11) is 0. The molecule has 0 aliphatic heterocycles. The number of hydrogen-bond acceptors (Lipinski definition) is 2. The van der Waals surface area contributed by atoms with Crippen LogP contribution in [-0.2, 0) is 12.8 Å². The Bertz CT molecular complexity index is 852. The van der Waals surface area contributed by atoms with E-state index in [4.69, 9.17) is 0 Å². The Labute approximate surface area is 164 Å². The van der Waals surface area contributed by atoms with Gasteiger partial charge >= 0.3 is 6.09 Å². The summed E-state index contributed by atoms with van der Waals surface area (Å²) in [5.74, 6) is 0.567. The standard InChI is InChI=1S/C23H25NO2S/c1-17(2)20-12-8-18(9-13-20)5-3-6-19-10-14-21(15-11-19)24(23(25)26)22-7-4-16-27-22/h4,7-17H,3,5-6H2,1-2H3,(H,25,26). The first-order chi connectivity index (χ1) is 13.0. The number of thiophene rings is 1. The van der Waals surface area contributed by atoms with Crippen LogP contribution in [0.4, 0.5) is 15.5 Å². The molecule has 27 heavy (non-hydrogen) atoms. The van der Waals surface area contributed by atoms with Crippen molar-refractivity contribution in [2.75, 3.05) is 4.90 Å². The summed E-state index contributed by atoms with van der Waals surface area (Å²) in [4.78, 5) is 12.9. The van der Waals surface area contributed by atoms with Crippen molar-refractivity contribution in [2.24, 2.45) is 0 Å². The van der Waals surface area contributed by atoms with Crippen LogP contribution >= 0.6 is 11.3 Å². The minimum Gasteiger partial charge on any atom is -0.464 e. The summed E-state index contributed by atoms with van der Waals surface area (Å²) in [5.41, 5.74) is 4.65. The Kier molecular flexibility index (Phi) is 6.30. The van der Waals surface area contributed by atoms with Crippen LogP contribution in [0.2, 0.25) is 0 Å². The quantitative estimate of drug-likeness (QED) is 0.487. The summed E-state index contributed by atoms with van der Waals surface area (Å²) in [6.07, 6.45) is 2.15. The van der Waals surface area contributed by atoms with Crippen molar-refractivity contribution < 1.29 is 9.90 Å². The van der Waals surface area contributed by atoms with E-state index in [1.54, 1.807) is 0 Å². The number of rotatable bonds is 7. The highest BCUT2D eigenvalue weighted by Gasteiger charge is 2.17. The molecule has 140 valence electrons. The van der Waals surface area contributed by atoms with Gasteiger partial charge in [0.1, 0.15) is 5.00 Å². The van der Waals surface area contributed by atoms with Gasteiger partial charge in [-0.05, 0) is 71.5 Å². The van der Waals surface area contributed by atoms with Gasteiger partial charge in [0.05, 0.1) is 5.69 Å². The molecular formula is C23H25NO2S. The lowest BCUT2D eigenvalue weighted by atomic mass is 9.99. The van der Waals surface area contributed by atoms with Crippen LogP contribution in [0.25, 0.3) is 0 Å². The van der Waals surface area contributed by atoms with E-state index in [9.17, 15) is 9.90 Å². The van der Waals surface area contributed by atoms with Gasteiger partial charge in [-0.15, -0.1) is 11.3 Å². The van der Waals surface area contributed by atoms with Crippen LogP contribution in [0.5, 0.6) is 0 Å². The molecule has 0 aliphatic carbocycles. The number of benzene rings is 2. The highest BCUT2D eigenvalue weighted by molar-refractivity contribution is 7.14. The molecule has 0 saturated carbocycles. The fourth-order valence-electron chi connectivity index (χ4n) is 3.11. The number of hydrogen-bond donors (Lipinski definition) is 1. The van der Waals surface area contributed by atoms with Crippen molar-refractivity contribution in [3.63, 3.8) is 0 Å². The molecule has 0 fully saturated rings. The van der Waals surface area contributed by atoms with Gasteiger partial charge in [0, 0.05) is 0 Å². The Hall–Kier alpha value is -2.59. The zero-order valence-corrected chi connectivity index (χ0v) is 16.6. The maximum atomic E-state index is 11.6. The first kappa shape index (κ1) is 19.2. The monoisotopic (exact) mass is 379 g/mol. The summed E-state index contributed by atoms with van der Waals surface area (Å²) in [6, 6.07) is 20.4. The third-order valence-electron chi connectivity index (χ3n) is 4.69. The third kappa shape index (κ3) is 4.98. The van der Waals surface area contributed by atoms with E-state index in [0.29, 0.717) is 16.6 Å². The largest absolute Gasteiger partial charge is 0.464 e. The van der Waals surface area contributed by atoms with Gasteiger partial charge in [0.2, 0.25) is 0 Å². The third-order valence-corrected chi connectivity index (χ3v) is 5.54. The molecule has 3 nitrogen and oxygen atoms in total. The molecule has 0 radical (unpaired) electrons. The number of carboxylic acid groups (broad SMARTS) is 1. The van der Waals surface area contributed by atoms with Gasteiger partial charge in [0.25, 0.3) is 0 Å². The van der Waals surface area contributed by atoms with Crippen molar-refractivity contribution in [1.82, 2.24) is 0 Å². The number of amides is 1. The molecule has 4 heteroatoms. The number of aryl methyl sites for hydroxylation is 2. The molecule has 0 spiro atoms. The Morgan fingerprint density at radius 1 is 0.963 bits per heavy atom. The second kappa shape index (κ2) is 8.87. The number of carbonyl (C=O) groups is 1. The Morgan fingerprint density at radius 3 is 2.04 bits per heavy atom. The van der Waals surface area contributed by atoms with Crippen LogP contribution in [0, 0.1) is 0 Å². The lowest BCUT2D eigenvalue weighted by molar-refractivity contribution is 0.205. The second-order valence-corrected chi connectivity index (χ2v) is 7.91. The van der Waals surface area contributed by atoms with Crippen LogP contribution in [0.1, 0.15) is 42.9 Å². The predicted molar refractivity (Wildman–Crippen MR) is 113 cm³/mol. The number of nitrogens with zero attached hydrogens (tertiary/aromatic N) is 1. The van der Waals surface area contributed by atoms with E-state index in [2.05, 4.69) is 38.1 Å². The molecule has 0 saturated heterocycles. The van der Waals surface area contributed by atoms with Gasteiger partial charge < -0.3 is 5.11 Å².